The van der Waals surface area contributed by atoms with Crippen LogP contribution in [0.1, 0.15) is 40.0 Å². The Morgan fingerprint density at radius 1 is 1.18 bits per heavy atom. The number of nitrogens with zero attached hydrogens (tertiary/aromatic N) is 2. The number of halogens is 1. The van der Waals surface area contributed by atoms with E-state index in [0.717, 1.165) is 23.4 Å². The van der Waals surface area contributed by atoms with Gasteiger partial charge in [0, 0.05) is 43.1 Å². The Labute approximate surface area is 229 Å². The van der Waals surface area contributed by atoms with Crippen LogP contribution in [0.2, 0.25) is 5.02 Å². The lowest BCUT2D eigenvalue weighted by Crippen LogP contribution is -2.53. The van der Waals surface area contributed by atoms with E-state index in [1.54, 1.807) is 56.0 Å². The molecule has 0 saturated carbocycles. The minimum atomic E-state index is -4.14. The smallest absolute Gasteiger partial charge is 0.422 e. The quantitative estimate of drug-likeness (QED) is 0.114. The fraction of sp³-hybridized carbons (Fsp3) is 0.480. The zero-order chi connectivity index (χ0) is 28.3. The van der Waals surface area contributed by atoms with E-state index in [2.05, 4.69) is 11.9 Å². The molecule has 2 amide bonds. The summed E-state index contributed by atoms with van der Waals surface area (Å²) in [6.07, 6.45) is 4.06. The van der Waals surface area contributed by atoms with Gasteiger partial charge in [-0.3, -0.25) is 4.79 Å². The number of unbranched alkanes of at least 4 members (excludes halogenated alkanes) is 2. The number of hydrogen-bond acceptors (Lipinski definition) is 8. The molecule has 0 radical (unpaired) electrons. The van der Waals surface area contributed by atoms with Crippen LogP contribution in [0.3, 0.4) is 0 Å². The second-order valence-electron chi connectivity index (χ2n) is 9.45. The third-order valence-corrected chi connectivity index (χ3v) is 6.94. The molecule has 0 atom stereocenters. The number of carbonyl (C=O) groups excluding carboxylic acids is 2. The Hall–Kier alpha value is -3.09. The molecule has 13 heteroatoms. The van der Waals surface area contributed by atoms with E-state index in [-0.39, 0.29) is 44.2 Å². The number of allylic oxidation sites excluding steroid dienone is 2. The van der Waals surface area contributed by atoms with Crippen molar-refractivity contribution in [3.63, 3.8) is 0 Å². The summed E-state index contributed by atoms with van der Waals surface area (Å²) < 4.78 is 39.2. The molecule has 1 aliphatic heterocycles. The first-order valence-electron chi connectivity index (χ1n) is 12.2. The first kappa shape index (κ1) is 31.1. The van der Waals surface area contributed by atoms with Crippen LogP contribution >= 0.6 is 11.6 Å². The summed E-state index contributed by atoms with van der Waals surface area (Å²) in [7, 11) is -4.14. The summed E-state index contributed by atoms with van der Waals surface area (Å²) in [5.41, 5.74) is -0.176. The summed E-state index contributed by atoms with van der Waals surface area (Å²) in [4.78, 5) is 26.9. The van der Waals surface area contributed by atoms with Gasteiger partial charge < -0.3 is 25.1 Å². The lowest BCUT2D eigenvalue weighted by molar-refractivity contribution is -0.116. The molecule has 0 unspecified atom stereocenters. The highest BCUT2D eigenvalue weighted by Crippen LogP contribution is 2.20. The van der Waals surface area contributed by atoms with Crippen LogP contribution < -0.4 is 10.0 Å². The number of anilines is 1. The van der Waals surface area contributed by atoms with Gasteiger partial charge in [0.05, 0.1) is 6.61 Å². The van der Waals surface area contributed by atoms with Crippen molar-refractivity contribution in [1.82, 2.24) is 13.9 Å². The molecule has 1 aromatic rings. The molecule has 0 bridgehead atoms. The maximum absolute atomic E-state index is 13.2. The normalized spacial score (nSPS) is 15.2. The van der Waals surface area contributed by atoms with Crippen LogP contribution in [0.25, 0.3) is 0 Å². The van der Waals surface area contributed by atoms with E-state index in [0.29, 0.717) is 17.1 Å². The van der Waals surface area contributed by atoms with Crippen molar-refractivity contribution in [3.05, 3.63) is 53.4 Å². The van der Waals surface area contributed by atoms with Crippen molar-refractivity contribution < 1.29 is 27.5 Å². The van der Waals surface area contributed by atoms with Crippen molar-refractivity contribution in [1.29, 1.82) is 5.41 Å². The van der Waals surface area contributed by atoms with Gasteiger partial charge in [0.1, 0.15) is 11.3 Å². The van der Waals surface area contributed by atoms with E-state index in [4.69, 9.17) is 26.5 Å². The molecule has 3 N–H and O–H groups in total. The fourth-order valence-corrected chi connectivity index (χ4v) is 4.73. The Bertz CT molecular complexity index is 1140. The summed E-state index contributed by atoms with van der Waals surface area (Å²) in [5.74, 6) is -0.613. The minimum Gasteiger partial charge on any atom is -0.486 e. The number of benzene rings is 1. The second-order valence-corrected chi connectivity index (χ2v) is 11.6. The zero-order valence-electron chi connectivity index (χ0n) is 22.0. The molecule has 210 valence electrons. The Morgan fingerprint density at radius 2 is 1.87 bits per heavy atom. The predicted octanol–water partition coefficient (Wildman–Crippen LogP) is 3.90. The van der Waals surface area contributed by atoms with Crippen molar-refractivity contribution in [2.75, 3.05) is 38.1 Å². The lowest BCUT2D eigenvalue weighted by atomic mass is 10.2. The SMILES string of the molecule is C=CCCCCO/C(C(=O)Nc1cccc(Cl)c1)=C(/C=N)N1CCN(S(=O)(=O)NC(=O)OC(C)(C)C)CC1. The predicted molar refractivity (Wildman–Crippen MR) is 147 cm³/mol. The molecule has 1 aliphatic rings. The van der Waals surface area contributed by atoms with Crippen molar-refractivity contribution in [3.8, 4) is 0 Å². The summed E-state index contributed by atoms with van der Waals surface area (Å²) >= 11 is 6.03. The molecule has 0 aliphatic carbocycles. The molecule has 1 aromatic carbocycles. The van der Waals surface area contributed by atoms with Gasteiger partial charge in [-0.1, -0.05) is 23.7 Å². The molecule has 0 aromatic heterocycles. The monoisotopic (exact) mass is 569 g/mol. The van der Waals surface area contributed by atoms with Crippen LogP contribution in [0.4, 0.5) is 10.5 Å². The largest absolute Gasteiger partial charge is 0.486 e. The average Bonchev–Trinajstić information content (AvgIpc) is 2.82. The summed E-state index contributed by atoms with van der Waals surface area (Å²) in [6.45, 7) is 9.18. The van der Waals surface area contributed by atoms with E-state index >= 15 is 0 Å². The van der Waals surface area contributed by atoms with E-state index in [1.165, 1.54) is 0 Å². The molecular formula is C25H36ClN5O6S. The second kappa shape index (κ2) is 14.2. The summed E-state index contributed by atoms with van der Waals surface area (Å²) in [6, 6.07) is 6.64. The maximum Gasteiger partial charge on any atom is 0.422 e. The Balaban J connectivity index is 2.18. The van der Waals surface area contributed by atoms with Crippen LogP contribution in [-0.2, 0) is 24.5 Å². The van der Waals surface area contributed by atoms with Gasteiger partial charge in [-0.05, 0) is 58.2 Å². The highest BCUT2D eigenvalue weighted by molar-refractivity contribution is 7.87. The van der Waals surface area contributed by atoms with Gasteiger partial charge in [-0.15, -0.1) is 6.58 Å². The molecular weight excluding hydrogens is 534 g/mol. The Kier molecular flexibility index (Phi) is 11.6. The number of hydrogen-bond donors (Lipinski definition) is 3. The van der Waals surface area contributed by atoms with Gasteiger partial charge in [-0.25, -0.2) is 9.52 Å². The van der Waals surface area contributed by atoms with Gasteiger partial charge in [-0.2, -0.15) is 12.7 Å². The Morgan fingerprint density at radius 3 is 2.45 bits per heavy atom. The van der Waals surface area contributed by atoms with Crippen molar-refractivity contribution in [2.24, 2.45) is 0 Å². The van der Waals surface area contributed by atoms with Crippen LogP contribution in [0.5, 0.6) is 0 Å². The number of amides is 2. The van der Waals surface area contributed by atoms with Gasteiger partial charge in [0.15, 0.2) is 0 Å². The highest BCUT2D eigenvalue weighted by Gasteiger charge is 2.32. The van der Waals surface area contributed by atoms with Gasteiger partial charge >= 0.3 is 16.3 Å². The number of piperazine rings is 1. The van der Waals surface area contributed by atoms with Crippen LogP contribution in [-0.4, -0.2) is 74.2 Å². The van der Waals surface area contributed by atoms with E-state index in [1.807, 2.05) is 4.72 Å². The molecule has 1 heterocycles. The summed E-state index contributed by atoms with van der Waals surface area (Å²) in [5, 5.41) is 11.2. The van der Waals surface area contributed by atoms with Crippen molar-refractivity contribution in [2.45, 2.75) is 45.6 Å². The standard InChI is InChI=1S/C25H36ClN5O6S/c1-5-6-7-8-16-36-22(23(32)28-20-11-9-10-19(26)17-20)21(18-27)30-12-14-31(15-13-30)38(34,35)29-24(33)37-25(2,3)4/h5,9-11,17-18,27H,1,6-8,12-16H2,2-4H3,(H,28,32)(H,29,33)/b22-21-,27-18?. The first-order chi connectivity index (χ1) is 17.9. The molecule has 11 nitrogen and oxygen atoms in total. The average molecular weight is 570 g/mol. The number of ether oxygens (including phenoxy) is 2. The zero-order valence-corrected chi connectivity index (χ0v) is 23.5. The topological polar surface area (TPSA) is 141 Å². The lowest BCUT2D eigenvalue weighted by Gasteiger charge is -2.36. The van der Waals surface area contributed by atoms with Crippen molar-refractivity contribution >= 4 is 45.7 Å². The van der Waals surface area contributed by atoms with E-state index in [9.17, 15) is 18.0 Å². The third-order valence-electron chi connectivity index (χ3n) is 5.24. The van der Waals surface area contributed by atoms with Crippen LogP contribution in [0, 0.1) is 5.41 Å². The number of rotatable bonds is 12. The number of nitrogens with one attached hydrogen (secondary N) is 3. The van der Waals surface area contributed by atoms with E-state index < -0.39 is 27.8 Å². The minimum absolute atomic E-state index is 0.0119. The fourth-order valence-electron chi connectivity index (χ4n) is 3.51. The van der Waals surface area contributed by atoms with Crippen LogP contribution in [0.15, 0.2) is 48.4 Å². The molecule has 0 spiro atoms. The van der Waals surface area contributed by atoms with Gasteiger partial charge in [0.2, 0.25) is 5.76 Å². The first-order valence-corrected chi connectivity index (χ1v) is 14.0. The third kappa shape index (κ3) is 9.99. The van der Waals surface area contributed by atoms with Gasteiger partial charge in [0.25, 0.3) is 5.91 Å². The highest BCUT2D eigenvalue weighted by atomic mass is 35.5. The molecule has 2 rings (SSSR count). The number of carbonyl (C=O) groups is 2. The molecule has 38 heavy (non-hydrogen) atoms. The maximum atomic E-state index is 13.2. The molecule has 1 fully saturated rings. The molecule has 1 saturated heterocycles.